The van der Waals surface area contributed by atoms with Crippen LogP contribution in [0, 0.1) is 0 Å². The second-order valence-electron chi connectivity index (χ2n) is 7.81. The lowest BCUT2D eigenvalue weighted by Crippen LogP contribution is -2.24. The van der Waals surface area contributed by atoms with Crippen LogP contribution in [0.25, 0.3) is 11.3 Å². The first-order valence-electron chi connectivity index (χ1n) is 11.0. The Labute approximate surface area is 204 Å². The molecule has 4 rings (SSSR count). The van der Waals surface area contributed by atoms with Crippen LogP contribution in [0.4, 0.5) is 0 Å². The predicted molar refractivity (Wildman–Crippen MR) is 134 cm³/mol. The van der Waals surface area contributed by atoms with Gasteiger partial charge in [-0.1, -0.05) is 60.7 Å². The summed E-state index contributed by atoms with van der Waals surface area (Å²) in [5.41, 5.74) is 3.88. The van der Waals surface area contributed by atoms with E-state index < -0.39 is 15.9 Å². The van der Waals surface area contributed by atoms with Crippen LogP contribution >= 0.6 is 0 Å². The number of nitrogens with one attached hydrogen (secondary N) is 2. The van der Waals surface area contributed by atoms with E-state index in [0.717, 1.165) is 22.4 Å². The summed E-state index contributed by atoms with van der Waals surface area (Å²) >= 11 is 0. The van der Waals surface area contributed by atoms with Crippen LogP contribution in [-0.4, -0.2) is 38.3 Å². The van der Waals surface area contributed by atoms with Crippen molar-refractivity contribution in [1.29, 1.82) is 0 Å². The molecule has 9 heteroatoms. The Balaban J connectivity index is 1.59. The Morgan fingerprint density at radius 3 is 2.34 bits per heavy atom. The Bertz CT molecular complexity index is 1420. The molecule has 0 spiro atoms. The second-order valence-corrected chi connectivity index (χ2v) is 9.66. The maximum absolute atomic E-state index is 12.9. The standard InChI is InChI=1S/C26H26N4O4S/c1-27-35(32,33)24-15-21(13-14-23(24)34-2)26(31)28-16-22-18-30(17-19-9-5-3-6-10-19)29-25(22)20-11-7-4-8-12-20/h3-15,18,27H,16-17H2,1-2H3,(H,28,31). The third-order valence-electron chi connectivity index (χ3n) is 5.50. The summed E-state index contributed by atoms with van der Waals surface area (Å²) in [4.78, 5) is 12.8. The average molecular weight is 491 g/mol. The first-order chi connectivity index (χ1) is 16.9. The summed E-state index contributed by atoms with van der Waals surface area (Å²) in [6.45, 7) is 0.816. The molecule has 0 radical (unpaired) electrons. The molecular weight excluding hydrogens is 464 g/mol. The number of nitrogens with zero attached hydrogens (tertiary/aromatic N) is 2. The van der Waals surface area contributed by atoms with Gasteiger partial charge in [0.1, 0.15) is 10.6 Å². The normalized spacial score (nSPS) is 11.3. The molecule has 8 nitrogen and oxygen atoms in total. The van der Waals surface area contributed by atoms with Crippen molar-refractivity contribution in [2.75, 3.05) is 14.2 Å². The molecule has 4 aromatic rings. The zero-order chi connectivity index (χ0) is 24.8. The molecule has 3 aromatic carbocycles. The molecule has 0 aliphatic heterocycles. The maximum Gasteiger partial charge on any atom is 0.251 e. The summed E-state index contributed by atoms with van der Waals surface area (Å²) in [7, 11) is -1.12. The first-order valence-corrected chi connectivity index (χ1v) is 12.4. The molecule has 1 aromatic heterocycles. The number of carbonyl (C=O) groups excluding carboxylic acids is 1. The van der Waals surface area contributed by atoms with E-state index in [1.807, 2.05) is 71.5 Å². The number of ether oxygens (including phenoxy) is 1. The van der Waals surface area contributed by atoms with Crippen LogP contribution < -0.4 is 14.8 Å². The van der Waals surface area contributed by atoms with E-state index in [1.54, 1.807) is 0 Å². The van der Waals surface area contributed by atoms with Gasteiger partial charge in [-0.2, -0.15) is 5.10 Å². The SMILES string of the molecule is CNS(=O)(=O)c1cc(C(=O)NCc2cn(Cc3ccccc3)nc2-c2ccccc2)ccc1OC. The zero-order valence-corrected chi connectivity index (χ0v) is 20.2. The Hall–Kier alpha value is -3.95. The molecule has 0 aliphatic carbocycles. The van der Waals surface area contributed by atoms with Crippen LogP contribution in [0.5, 0.6) is 5.75 Å². The number of aromatic nitrogens is 2. The lowest BCUT2D eigenvalue weighted by molar-refractivity contribution is 0.0950. The number of hydrogen-bond donors (Lipinski definition) is 2. The highest BCUT2D eigenvalue weighted by molar-refractivity contribution is 7.89. The average Bonchev–Trinajstić information content (AvgIpc) is 3.30. The molecule has 0 saturated heterocycles. The largest absolute Gasteiger partial charge is 0.495 e. The molecule has 0 bridgehead atoms. The minimum atomic E-state index is -3.80. The topological polar surface area (TPSA) is 102 Å². The van der Waals surface area contributed by atoms with Crippen molar-refractivity contribution in [3.8, 4) is 17.0 Å². The molecule has 0 saturated carbocycles. The minimum Gasteiger partial charge on any atom is -0.495 e. The molecule has 0 fully saturated rings. The van der Waals surface area contributed by atoms with Crippen molar-refractivity contribution in [1.82, 2.24) is 19.8 Å². The van der Waals surface area contributed by atoms with Gasteiger partial charge in [-0.15, -0.1) is 0 Å². The van der Waals surface area contributed by atoms with Gasteiger partial charge in [0.15, 0.2) is 0 Å². The van der Waals surface area contributed by atoms with Crippen LogP contribution in [0.2, 0.25) is 0 Å². The fraction of sp³-hybridized carbons (Fsp3) is 0.154. The number of methoxy groups -OCH3 is 1. The highest BCUT2D eigenvalue weighted by atomic mass is 32.2. The third kappa shape index (κ3) is 5.59. The second kappa shape index (κ2) is 10.5. The highest BCUT2D eigenvalue weighted by Gasteiger charge is 2.20. The lowest BCUT2D eigenvalue weighted by atomic mass is 10.1. The number of sulfonamides is 1. The van der Waals surface area contributed by atoms with Crippen molar-refractivity contribution in [2.24, 2.45) is 0 Å². The number of hydrogen-bond acceptors (Lipinski definition) is 5. The molecular formula is C26H26N4O4S. The molecule has 0 aliphatic rings. The molecule has 1 amide bonds. The number of rotatable bonds is 9. The van der Waals surface area contributed by atoms with E-state index in [1.165, 1.54) is 32.4 Å². The molecule has 180 valence electrons. The fourth-order valence-corrected chi connectivity index (χ4v) is 4.62. The van der Waals surface area contributed by atoms with E-state index in [2.05, 4.69) is 10.0 Å². The van der Waals surface area contributed by atoms with Crippen LogP contribution in [-0.2, 0) is 23.1 Å². The van der Waals surface area contributed by atoms with Gasteiger partial charge in [-0.25, -0.2) is 13.1 Å². The van der Waals surface area contributed by atoms with Crippen molar-refractivity contribution >= 4 is 15.9 Å². The van der Waals surface area contributed by atoms with Gasteiger partial charge in [-0.3, -0.25) is 9.48 Å². The molecule has 2 N–H and O–H groups in total. The Morgan fingerprint density at radius 1 is 1.00 bits per heavy atom. The lowest BCUT2D eigenvalue weighted by Gasteiger charge is -2.11. The summed E-state index contributed by atoms with van der Waals surface area (Å²) < 4.78 is 34.0. The van der Waals surface area contributed by atoms with Gasteiger partial charge in [0.05, 0.1) is 19.3 Å². The van der Waals surface area contributed by atoms with E-state index >= 15 is 0 Å². The van der Waals surface area contributed by atoms with Crippen LogP contribution in [0.15, 0.2) is 90.0 Å². The monoisotopic (exact) mass is 490 g/mol. The quantitative estimate of drug-likeness (QED) is 0.374. The molecule has 0 unspecified atom stereocenters. The third-order valence-corrected chi connectivity index (χ3v) is 6.93. The summed E-state index contributed by atoms with van der Waals surface area (Å²) in [6.07, 6.45) is 1.92. The van der Waals surface area contributed by atoms with Crippen molar-refractivity contribution < 1.29 is 17.9 Å². The Kier molecular flexibility index (Phi) is 7.28. The van der Waals surface area contributed by atoms with Crippen LogP contribution in [0.3, 0.4) is 0 Å². The fourth-order valence-electron chi connectivity index (χ4n) is 3.70. The van der Waals surface area contributed by atoms with Gasteiger partial charge in [0, 0.05) is 29.4 Å². The van der Waals surface area contributed by atoms with Gasteiger partial charge >= 0.3 is 0 Å². The molecule has 35 heavy (non-hydrogen) atoms. The van der Waals surface area contributed by atoms with Crippen molar-refractivity contribution in [3.63, 3.8) is 0 Å². The smallest absolute Gasteiger partial charge is 0.251 e. The highest BCUT2D eigenvalue weighted by Crippen LogP contribution is 2.25. The maximum atomic E-state index is 12.9. The first kappa shape index (κ1) is 24.2. The van der Waals surface area contributed by atoms with E-state index in [-0.39, 0.29) is 22.8 Å². The Morgan fingerprint density at radius 2 is 1.69 bits per heavy atom. The van der Waals surface area contributed by atoms with Gasteiger partial charge < -0.3 is 10.1 Å². The number of amides is 1. The predicted octanol–water partition coefficient (Wildman–Crippen LogP) is 3.45. The molecule has 0 atom stereocenters. The zero-order valence-electron chi connectivity index (χ0n) is 19.4. The van der Waals surface area contributed by atoms with Crippen molar-refractivity contribution in [2.45, 2.75) is 18.0 Å². The van der Waals surface area contributed by atoms with E-state index in [9.17, 15) is 13.2 Å². The molecule has 1 heterocycles. The van der Waals surface area contributed by atoms with Gasteiger partial charge in [-0.05, 0) is 30.8 Å². The summed E-state index contributed by atoms with van der Waals surface area (Å²) in [6, 6.07) is 24.1. The number of benzene rings is 3. The van der Waals surface area contributed by atoms with E-state index in [4.69, 9.17) is 9.84 Å². The van der Waals surface area contributed by atoms with Crippen molar-refractivity contribution in [3.05, 3.63) is 102 Å². The minimum absolute atomic E-state index is 0.101. The summed E-state index contributed by atoms with van der Waals surface area (Å²) in [5.74, 6) is -0.250. The van der Waals surface area contributed by atoms with Gasteiger partial charge in [0.2, 0.25) is 10.0 Å². The summed E-state index contributed by atoms with van der Waals surface area (Å²) in [5, 5.41) is 7.66. The van der Waals surface area contributed by atoms with Crippen LogP contribution in [0.1, 0.15) is 21.5 Å². The number of carbonyl (C=O) groups is 1. The van der Waals surface area contributed by atoms with E-state index in [0.29, 0.717) is 6.54 Å². The van der Waals surface area contributed by atoms with Gasteiger partial charge in [0.25, 0.3) is 5.91 Å².